The number of methoxy groups -OCH3 is 1. The second-order valence-corrected chi connectivity index (χ2v) is 5.23. The molecule has 0 fully saturated rings. The summed E-state index contributed by atoms with van der Waals surface area (Å²) >= 11 is 0. The molecule has 0 radical (unpaired) electrons. The van der Waals surface area contributed by atoms with E-state index in [1.165, 1.54) is 0 Å². The summed E-state index contributed by atoms with van der Waals surface area (Å²) in [7, 11) is 1.05. The van der Waals surface area contributed by atoms with E-state index in [1.54, 1.807) is 20.8 Å². The van der Waals surface area contributed by atoms with Gasteiger partial charge in [0.15, 0.2) is 0 Å². The van der Waals surface area contributed by atoms with Crippen molar-refractivity contribution in [2.45, 2.75) is 32.9 Å². The topological polar surface area (TPSA) is 64.6 Å². The normalized spacial score (nSPS) is 11.0. The molecule has 0 aliphatic rings. The Kier molecular flexibility index (Phi) is 5.23. The minimum Gasteiger partial charge on any atom is -0.465 e. The Hall–Kier alpha value is -2.18. The van der Waals surface area contributed by atoms with Crippen molar-refractivity contribution in [2.24, 2.45) is 0 Å². The maximum absolute atomic E-state index is 13.7. The zero-order valence-electron chi connectivity index (χ0n) is 12.3. The van der Waals surface area contributed by atoms with E-state index >= 15 is 0 Å². The second kappa shape index (κ2) is 6.51. The van der Waals surface area contributed by atoms with Crippen molar-refractivity contribution in [1.29, 1.82) is 0 Å². The quantitative estimate of drug-likeness (QED) is 0.872. The molecule has 0 aliphatic carbocycles. The van der Waals surface area contributed by atoms with Crippen LogP contribution in [0.15, 0.2) is 12.1 Å². The van der Waals surface area contributed by atoms with Crippen LogP contribution in [0.4, 0.5) is 13.6 Å². The molecule has 0 spiro atoms. The van der Waals surface area contributed by atoms with Crippen LogP contribution in [0, 0.1) is 11.6 Å². The number of halogens is 2. The first-order valence-electron chi connectivity index (χ1n) is 6.17. The molecule has 0 atom stereocenters. The molecule has 0 bridgehead atoms. The third-order valence-electron chi connectivity index (χ3n) is 2.40. The zero-order chi connectivity index (χ0) is 16.2. The average molecular weight is 301 g/mol. The number of hydrogen-bond acceptors (Lipinski definition) is 4. The van der Waals surface area contributed by atoms with E-state index in [2.05, 4.69) is 10.1 Å². The molecule has 0 saturated carbocycles. The van der Waals surface area contributed by atoms with Crippen molar-refractivity contribution < 1.29 is 27.8 Å². The highest BCUT2D eigenvalue weighted by Crippen LogP contribution is 2.19. The number of carbonyl (C=O) groups excluding carboxylic acids is 2. The predicted octanol–water partition coefficient (Wildman–Crippen LogP) is 2.78. The van der Waals surface area contributed by atoms with Crippen molar-refractivity contribution in [3.8, 4) is 0 Å². The van der Waals surface area contributed by atoms with Gasteiger partial charge in [0, 0.05) is 12.1 Å². The number of benzene rings is 1. The first kappa shape index (κ1) is 16.9. The van der Waals surface area contributed by atoms with E-state index in [0.717, 1.165) is 19.2 Å². The monoisotopic (exact) mass is 301 g/mol. The predicted molar refractivity (Wildman–Crippen MR) is 70.8 cm³/mol. The van der Waals surface area contributed by atoms with Gasteiger partial charge < -0.3 is 14.8 Å². The van der Waals surface area contributed by atoms with E-state index in [4.69, 9.17) is 4.74 Å². The molecule has 1 rings (SSSR count). The highest BCUT2D eigenvalue weighted by Gasteiger charge is 2.22. The van der Waals surface area contributed by atoms with Gasteiger partial charge in [-0.05, 0) is 32.9 Å². The first-order chi connectivity index (χ1) is 9.65. The zero-order valence-corrected chi connectivity index (χ0v) is 12.3. The lowest BCUT2D eigenvalue weighted by molar-refractivity contribution is 0.0516. The van der Waals surface area contributed by atoms with Crippen molar-refractivity contribution >= 4 is 12.1 Å². The van der Waals surface area contributed by atoms with E-state index in [9.17, 15) is 18.4 Å². The molecular weight excluding hydrogens is 284 g/mol. The lowest BCUT2D eigenvalue weighted by Gasteiger charge is -2.20. The standard InChI is InChI=1S/C14H17F2NO4/c1-14(2,3)21-13(19)17-7-8-9(15)5-6-10(16)11(8)12(18)20-4/h5-6H,7H2,1-4H3,(H,17,19). The fraction of sp³-hybridized carbons (Fsp3) is 0.429. The first-order valence-corrected chi connectivity index (χ1v) is 6.17. The largest absolute Gasteiger partial charge is 0.465 e. The summed E-state index contributed by atoms with van der Waals surface area (Å²) in [5, 5.41) is 2.27. The number of alkyl carbamates (subject to hydrolysis) is 1. The second-order valence-electron chi connectivity index (χ2n) is 5.23. The molecule has 0 saturated heterocycles. The van der Waals surface area contributed by atoms with Crippen molar-refractivity contribution in [1.82, 2.24) is 5.32 Å². The highest BCUT2D eigenvalue weighted by molar-refractivity contribution is 5.91. The van der Waals surface area contributed by atoms with E-state index < -0.39 is 41.4 Å². The number of rotatable bonds is 3. The van der Waals surface area contributed by atoms with Gasteiger partial charge in [-0.25, -0.2) is 18.4 Å². The number of hydrogen-bond donors (Lipinski definition) is 1. The van der Waals surface area contributed by atoms with Gasteiger partial charge in [-0.15, -0.1) is 0 Å². The van der Waals surface area contributed by atoms with Crippen LogP contribution in [0.2, 0.25) is 0 Å². The summed E-state index contributed by atoms with van der Waals surface area (Å²) in [6.07, 6.45) is -0.804. The third kappa shape index (κ3) is 4.70. The summed E-state index contributed by atoms with van der Waals surface area (Å²) in [5.74, 6) is -2.77. The van der Waals surface area contributed by atoms with Gasteiger partial charge >= 0.3 is 12.1 Å². The Morgan fingerprint density at radius 3 is 2.29 bits per heavy atom. The minimum atomic E-state index is -1.02. The smallest absolute Gasteiger partial charge is 0.407 e. The third-order valence-corrected chi connectivity index (χ3v) is 2.40. The van der Waals surface area contributed by atoms with Crippen LogP contribution < -0.4 is 5.32 Å². The number of ether oxygens (including phenoxy) is 2. The molecule has 1 aromatic rings. The van der Waals surface area contributed by atoms with Gasteiger partial charge in [0.1, 0.15) is 22.8 Å². The van der Waals surface area contributed by atoms with Gasteiger partial charge in [-0.3, -0.25) is 0 Å². The number of esters is 1. The molecule has 0 aliphatic heterocycles. The fourth-order valence-electron chi connectivity index (χ4n) is 1.56. The lowest BCUT2D eigenvalue weighted by atomic mass is 10.1. The summed E-state index contributed by atoms with van der Waals surface area (Å²) in [6, 6.07) is 1.69. The van der Waals surface area contributed by atoms with Gasteiger partial charge in [0.25, 0.3) is 0 Å². The Morgan fingerprint density at radius 2 is 1.76 bits per heavy atom. The molecule has 7 heteroatoms. The highest BCUT2D eigenvalue weighted by atomic mass is 19.1. The molecule has 116 valence electrons. The molecule has 1 amide bonds. The van der Waals surface area contributed by atoms with Crippen LogP contribution in [0.5, 0.6) is 0 Å². The SMILES string of the molecule is COC(=O)c1c(F)ccc(F)c1CNC(=O)OC(C)(C)C. The summed E-state index contributed by atoms with van der Waals surface area (Å²) in [4.78, 5) is 23.0. The van der Waals surface area contributed by atoms with E-state index in [0.29, 0.717) is 0 Å². The molecule has 0 unspecified atom stereocenters. The number of nitrogens with one attached hydrogen (secondary N) is 1. The van der Waals surface area contributed by atoms with Gasteiger partial charge in [-0.1, -0.05) is 0 Å². The van der Waals surface area contributed by atoms with Crippen LogP contribution in [0.25, 0.3) is 0 Å². The molecule has 21 heavy (non-hydrogen) atoms. The molecule has 0 aromatic heterocycles. The Bertz CT molecular complexity index is 553. The molecule has 1 N–H and O–H groups in total. The summed E-state index contributed by atoms with van der Waals surface area (Å²) < 4.78 is 36.8. The van der Waals surface area contributed by atoms with E-state index in [1.807, 2.05) is 0 Å². The number of carbonyl (C=O) groups is 2. The average Bonchev–Trinajstić information content (AvgIpc) is 2.36. The number of amides is 1. The Balaban J connectivity index is 2.95. The summed E-state index contributed by atoms with van der Waals surface area (Å²) in [6.45, 7) is 4.59. The fourth-order valence-corrected chi connectivity index (χ4v) is 1.56. The molecular formula is C14H17F2NO4. The molecule has 0 heterocycles. The maximum atomic E-state index is 13.7. The van der Waals surface area contributed by atoms with Gasteiger partial charge in [-0.2, -0.15) is 0 Å². The maximum Gasteiger partial charge on any atom is 0.407 e. The Morgan fingerprint density at radius 1 is 1.19 bits per heavy atom. The van der Waals surface area contributed by atoms with Gasteiger partial charge in [0.05, 0.1) is 7.11 Å². The van der Waals surface area contributed by atoms with Crippen molar-refractivity contribution in [2.75, 3.05) is 7.11 Å². The lowest BCUT2D eigenvalue weighted by Crippen LogP contribution is -2.32. The van der Waals surface area contributed by atoms with Crippen molar-refractivity contribution in [3.63, 3.8) is 0 Å². The minimum absolute atomic E-state index is 0.298. The molecule has 1 aromatic carbocycles. The van der Waals surface area contributed by atoms with Crippen LogP contribution in [-0.2, 0) is 16.0 Å². The molecule has 5 nitrogen and oxygen atoms in total. The summed E-state index contributed by atoms with van der Waals surface area (Å²) in [5.41, 5.74) is -1.57. The van der Waals surface area contributed by atoms with Crippen LogP contribution in [0.1, 0.15) is 36.7 Å². The van der Waals surface area contributed by atoms with E-state index in [-0.39, 0.29) is 5.56 Å². The Labute approximate surface area is 121 Å². The van der Waals surface area contributed by atoms with Crippen LogP contribution in [-0.4, -0.2) is 24.8 Å². The van der Waals surface area contributed by atoms with Crippen LogP contribution in [0.3, 0.4) is 0 Å². The van der Waals surface area contributed by atoms with Gasteiger partial charge in [0.2, 0.25) is 0 Å². The van der Waals surface area contributed by atoms with Crippen LogP contribution >= 0.6 is 0 Å². The van der Waals surface area contributed by atoms with Crippen molar-refractivity contribution in [3.05, 3.63) is 34.9 Å².